The van der Waals surface area contributed by atoms with Crippen LogP contribution in [0.1, 0.15) is 32.0 Å². The lowest BCUT2D eigenvalue weighted by Crippen LogP contribution is -2.17. The van der Waals surface area contributed by atoms with E-state index in [-0.39, 0.29) is 23.9 Å². The molecule has 2 heterocycles. The van der Waals surface area contributed by atoms with Gasteiger partial charge in [0.1, 0.15) is 11.3 Å². The Balaban J connectivity index is 1.70. The molecule has 0 atom stereocenters. The Morgan fingerprint density at radius 1 is 1.12 bits per heavy atom. The molecule has 1 aliphatic rings. The quantitative estimate of drug-likeness (QED) is 0.625. The number of carbonyl (C=O) groups excluding carboxylic acids is 2. The molecule has 1 aromatic carbocycles. The van der Waals surface area contributed by atoms with E-state index in [1.807, 2.05) is 0 Å². The fourth-order valence-corrected chi connectivity index (χ4v) is 2.42. The van der Waals surface area contributed by atoms with Crippen molar-refractivity contribution < 1.29 is 28.2 Å². The molecule has 3 rings (SSSR count). The molecule has 1 aliphatic heterocycles. The van der Waals surface area contributed by atoms with Gasteiger partial charge in [-0.25, -0.2) is 9.59 Å². The van der Waals surface area contributed by atoms with Crippen LogP contribution in [0.4, 0.5) is 0 Å². The monoisotopic (exact) mass is 330 g/mol. The lowest BCUT2D eigenvalue weighted by atomic mass is 10.1. The highest BCUT2D eigenvalue weighted by atomic mass is 16.7. The number of ketones is 1. The van der Waals surface area contributed by atoms with Crippen molar-refractivity contribution in [3.8, 4) is 11.5 Å². The maximum Gasteiger partial charge on any atom is 0.342 e. The normalized spacial score (nSPS) is 12.1. The highest BCUT2D eigenvalue weighted by Crippen LogP contribution is 2.32. The highest BCUT2D eigenvalue weighted by molar-refractivity contribution is 6.00. The van der Waals surface area contributed by atoms with Gasteiger partial charge in [0.2, 0.25) is 6.79 Å². The standard InChI is InChI=1S/C17H14O7/c1-9-5-15(19)24-10(2)16(9)17(20)21-7-12(18)11-3-4-13-14(6-11)23-8-22-13/h3-6H,7-8H2,1-2H3. The van der Waals surface area contributed by atoms with Crippen molar-refractivity contribution in [2.75, 3.05) is 13.4 Å². The second-order valence-corrected chi connectivity index (χ2v) is 5.25. The lowest BCUT2D eigenvalue weighted by molar-refractivity contribution is 0.0470. The van der Waals surface area contributed by atoms with E-state index in [0.717, 1.165) is 0 Å². The molecule has 24 heavy (non-hydrogen) atoms. The van der Waals surface area contributed by atoms with E-state index in [1.165, 1.54) is 19.1 Å². The predicted molar refractivity (Wildman–Crippen MR) is 81.6 cm³/mol. The van der Waals surface area contributed by atoms with Crippen molar-refractivity contribution >= 4 is 11.8 Å². The van der Waals surface area contributed by atoms with Crippen LogP contribution in [0, 0.1) is 13.8 Å². The molecule has 7 heteroatoms. The molecule has 0 aliphatic carbocycles. The third kappa shape index (κ3) is 3.01. The number of ether oxygens (including phenoxy) is 3. The average molecular weight is 330 g/mol. The van der Waals surface area contributed by atoms with E-state index >= 15 is 0 Å². The Morgan fingerprint density at radius 2 is 1.88 bits per heavy atom. The zero-order chi connectivity index (χ0) is 17.3. The molecule has 0 spiro atoms. The lowest BCUT2D eigenvalue weighted by Gasteiger charge is -2.08. The van der Waals surface area contributed by atoms with Gasteiger partial charge in [-0.2, -0.15) is 0 Å². The SMILES string of the molecule is Cc1cc(=O)oc(C)c1C(=O)OCC(=O)c1ccc2c(c1)OCO2. The maximum absolute atomic E-state index is 12.2. The van der Waals surface area contributed by atoms with E-state index in [2.05, 4.69) is 0 Å². The van der Waals surface area contributed by atoms with Crippen LogP contribution in [0.2, 0.25) is 0 Å². The molecule has 0 saturated carbocycles. The molecule has 0 amide bonds. The third-order valence-electron chi connectivity index (χ3n) is 3.57. The Labute approximate surface area is 136 Å². The summed E-state index contributed by atoms with van der Waals surface area (Å²) in [5.74, 6) is 0.0931. The Bertz CT molecular complexity index is 853. The number of Topliss-reactive ketones (excluding diaryl/α,β-unsaturated/α-hetero) is 1. The second kappa shape index (κ2) is 6.19. The molecule has 0 saturated heterocycles. The summed E-state index contributed by atoms with van der Waals surface area (Å²) >= 11 is 0. The van der Waals surface area contributed by atoms with Crippen molar-refractivity contribution in [3.63, 3.8) is 0 Å². The summed E-state index contributed by atoms with van der Waals surface area (Å²) < 4.78 is 20.3. The van der Waals surface area contributed by atoms with E-state index in [1.54, 1.807) is 19.1 Å². The van der Waals surface area contributed by atoms with Crippen molar-refractivity contribution in [2.45, 2.75) is 13.8 Å². The van der Waals surface area contributed by atoms with Crippen LogP contribution in [-0.4, -0.2) is 25.2 Å². The van der Waals surface area contributed by atoms with Crippen LogP contribution in [0.3, 0.4) is 0 Å². The third-order valence-corrected chi connectivity index (χ3v) is 3.57. The first-order chi connectivity index (χ1) is 11.5. The van der Waals surface area contributed by atoms with Crippen LogP contribution in [0.15, 0.2) is 33.5 Å². The number of aryl methyl sites for hydroxylation is 2. The molecule has 2 aromatic rings. The number of benzene rings is 1. The molecule has 0 radical (unpaired) electrons. The molecule has 0 bridgehead atoms. The van der Waals surface area contributed by atoms with Gasteiger partial charge >= 0.3 is 11.6 Å². The van der Waals surface area contributed by atoms with E-state index in [9.17, 15) is 14.4 Å². The van der Waals surface area contributed by atoms with Gasteiger partial charge in [0.25, 0.3) is 0 Å². The molecular formula is C17H14O7. The summed E-state index contributed by atoms with van der Waals surface area (Å²) in [7, 11) is 0. The minimum Gasteiger partial charge on any atom is -0.454 e. The van der Waals surface area contributed by atoms with Gasteiger partial charge in [0.05, 0.1) is 0 Å². The van der Waals surface area contributed by atoms with Crippen LogP contribution >= 0.6 is 0 Å². The number of hydrogen-bond donors (Lipinski definition) is 0. The number of fused-ring (bicyclic) bond motifs is 1. The van der Waals surface area contributed by atoms with Crippen LogP contribution in [-0.2, 0) is 4.74 Å². The minimum absolute atomic E-state index is 0.111. The zero-order valence-corrected chi connectivity index (χ0v) is 13.1. The van der Waals surface area contributed by atoms with Gasteiger partial charge in [-0.15, -0.1) is 0 Å². The smallest absolute Gasteiger partial charge is 0.342 e. The Morgan fingerprint density at radius 3 is 2.62 bits per heavy atom. The molecule has 0 unspecified atom stereocenters. The molecule has 1 aromatic heterocycles. The average Bonchev–Trinajstić information content (AvgIpc) is 2.99. The van der Waals surface area contributed by atoms with Gasteiger partial charge in [0.15, 0.2) is 23.9 Å². The van der Waals surface area contributed by atoms with E-state index in [4.69, 9.17) is 18.6 Å². The van der Waals surface area contributed by atoms with Gasteiger partial charge in [-0.05, 0) is 37.6 Å². The highest BCUT2D eigenvalue weighted by Gasteiger charge is 2.20. The minimum atomic E-state index is -0.720. The second-order valence-electron chi connectivity index (χ2n) is 5.25. The van der Waals surface area contributed by atoms with Crippen LogP contribution < -0.4 is 15.1 Å². The first-order valence-corrected chi connectivity index (χ1v) is 7.17. The molecule has 0 N–H and O–H groups in total. The number of hydrogen-bond acceptors (Lipinski definition) is 7. The summed E-state index contributed by atoms with van der Waals surface area (Å²) in [6.07, 6.45) is 0. The zero-order valence-electron chi connectivity index (χ0n) is 13.1. The first kappa shape index (κ1) is 15.8. The summed E-state index contributed by atoms with van der Waals surface area (Å²) in [5, 5.41) is 0. The van der Waals surface area contributed by atoms with E-state index < -0.39 is 18.2 Å². The summed E-state index contributed by atoms with van der Waals surface area (Å²) in [6, 6.07) is 5.93. The number of rotatable bonds is 4. The van der Waals surface area contributed by atoms with Gasteiger partial charge < -0.3 is 18.6 Å². The van der Waals surface area contributed by atoms with Crippen molar-refractivity contribution in [2.24, 2.45) is 0 Å². The van der Waals surface area contributed by atoms with Crippen LogP contribution in [0.5, 0.6) is 11.5 Å². The van der Waals surface area contributed by atoms with Crippen molar-refractivity contribution in [3.05, 3.63) is 57.1 Å². The van der Waals surface area contributed by atoms with Gasteiger partial charge in [-0.1, -0.05) is 0 Å². The predicted octanol–water partition coefficient (Wildman–Crippen LogP) is 2.03. The molecule has 0 fully saturated rings. The number of carbonyl (C=O) groups is 2. The van der Waals surface area contributed by atoms with Crippen LogP contribution in [0.25, 0.3) is 0 Å². The Kier molecular flexibility index (Phi) is 4.07. The fraction of sp³-hybridized carbons (Fsp3) is 0.235. The largest absolute Gasteiger partial charge is 0.454 e. The number of esters is 1. The molecule has 7 nitrogen and oxygen atoms in total. The maximum atomic E-state index is 12.2. The summed E-state index contributed by atoms with van der Waals surface area (Å²) in [4.78, 5) is 35.5. The van der Waals surface area contributed by atoms with Gasteiger partial charge in [0, 0.05) is 11.6 Å². The summed E-state index contributed by atoms with van der Waals surface area (Å²) in [5.41, 5.74) is 0.385. The molecule has 124 valence electrons. The topological polar surface area (TPSA) is 92.0 Å². The molecular weight excluding hydrogens is 316 g/mol. The van der Waals surface area contributed by atoms with Crippen molar-refractivity contribution in [1.29, 1.82) is 0 Å². The van der Waals surface area contributed by atoms with E-state index in [0.29, 0.717) is 22.6 Å². The van der Waals surface area contributed by atoms with Crippen molar-refractivity contribution in [1.82, 2.24) is 0 Å². The summed E-state index contributed by atoms with van der Waals surface area (Å²) in [6.45, 7) is 2.76. The fourth-order valence-electron chi connectivity index (χ4n) is 2.42. The van der Waals surface area contributed by atoms with Gasteiger partial charge in [-0.3, -0.25) is 4.79 Å². The Hall–Kier alpha value is -3.09. The first-order valence-electron chi connectivity index (χ1n) is 7.17.